The van der Waals surface area contributed by atoms with Gasteiger partial charge in [0.2, 0.25) is 0 Å². The highest BCUT2D eigenvalue weighted by Gasteiger charge is 2.63. The molecule has 0 bridgehead atoms. The quantitative estimate of drug-likeness (QED) is 0.346. The van der Waals surface area contributed by atoms with E-state index in [0.29, 0.717) is 48.2 Å². The zero-order chi connectivity index (χ0) is 30.1. The molecular weight excluding hydrogens is 538 g/mol. The Balaban J connectivity index is 1.14. The van der Waals surface area contributed by atoms with Gasteiger partial charge in [-0.3, -0.25) is 14.6 Å². The topological polar surface area (TPSA) is 146 Å². The Bertz CT molecular complexity index is 1090. The summed E-state index contributed by atoms with van der Waals surface area (Å²) in [5.41, 5.74) is 0.736. The van der Waals surface area contributed by atoms with Gasteiger partial charge in [0.05, 0.1) is 18.4 Å². The summed E-state index contributed by atoms with van der Waals surface area (Å²) < 4.78 is 11.7. The summed E-state index contributed by atoms with van der Waals surface area (Å²) >= 11 is 0. The minimum atomic E-state index is -1.48. The van der Waals surface area contributed by atoms with E-state index in [1.165, 1.54) is 0 Å². The number of hydrogen-bond acceptors (Lipinski definition) is 9. The van der Waals surface area contributed by atoms with Crippen molar-refractivity contribution < 1.29 is 39.5 Å². The molecule has 0 aromatic carbocycles. The Labute approximate surface area is 249 Å². The molecule has 0 aromatic rings. The fraction of sp³-hybridized carbons (Fsp3) is 0.909. The number of fused-ring (bicyclic) bond motifs is 5. The summed E-state index contributed by atoms with van der Waals surface area (Å²) in [6, 6.07) is 0. The van der Waals surface area contributed by atoms with Gasteiger partial charge >= 0.3 is 0 Å². The zero-order valence-corrected chi connectivity index (χ0v) is 25.7. The molecule has 0 unspecified atom stereocenters. The van der Waals surface area contributed by atoms with Crippen LogP contribution in [-0.2, 0) is 19.1 Å². The molecule has 0 amide bonds. The lowest BCUT2D eigenvalue weighted by molar-refractivity contribution is -0.315. The average Bonchev–Trinajstić information content (AvgIpc) is 3.56. The number of rotatable bonds is 6. The highest BCUT2D eigenvalue weighted by Crippen LogP contribution is 2.68. The molecule has 1 saturated heterocycles. The van der Waals surface area contributed by atoms with Gasteiger partial charge < -0.3 is 29.9 Å². The van der Waals surface area contributed by atoms with E-state index in [1.807, 2.05) is 0 Å². The van der Waals surface area contributed by atoms with E-state index in [0.717, 1.165) is 57.2 Å². The molecule has 4 N–H and O–H groups in total. The van der Waals surface area contributed by atoms with E-state index < -0.39 is 37.3 Å². The zero-order valence-electron chi connectivity index (χ0n) is 25.7. The van der Waals surface area contributed by atoms with Gasteiger partial charge in [0.25, 0.3) is 0 Å². The Morgan fingerprint density at radius 3 is 2.43 bits per heavy atom. The lowest BCUT2D eigenvalue weighted by Gasteiger charge is -2.60. The van der Waals surface area contributed by atoms with Crippen molar-refractivity contribution in [2.75, 3.05) is 13.2 Å². The number of ether oxygens (including phenoxy) is 2. The number of nitrogens with zero attached hydrogens (tertiary/aromatic N) is 1. The normalized spacial score (nSPS) is 51.3. The number of Topliss-reactive ketones (excluding diaryl/α,β-unsaturated/α-hetero) is 2. The van der Waals surface area contributed by atoms with Crippen LogP contribution in [0.25, 0.3) is 0 Å². The van der Waals surface area contributed by atoms with Crippen molar-refractivity contribution >= 4 is 17.3 Å². The van der Waals surface area contributed by atoms with Crippen molar-refractivity contribution in [3.05, 3.63) is 0 Å². The molecule has 236 valence electrons. The maximum Gasteiger partial charge on any atom is 0.186 e. The molecule has 2 aliphatic heterocycles. The van der Waals surface area contributed by atoms with Crippen LogP contribution in [0, 0.1) is 52.3 Å². The van der Waals surface area contributed by atoms with Crippen molar-refractivity contribution in [1.82, 2.24) is 0 Å². The van der Waals surface area contributed by atoms with E-state index in [2.05, 4.69) is 32.7 Å². The first-order chi connectivity index (χ1) is 19.9. The van der Waals surface area contributed by atoms with Crippen molar-refractivity contribution in [1.29, 1.82) is 0 Å². The largest absolute Gasteiger partial charge is 0.394 e. The summed E-state index contributed by atoms with van der Waals surface area (Å²) in [7, 11) is 0. The van der Waals surface area contributed by atoms with Crippen molar-refractivity contribution in [3.8, 4) is 0 Å². The summed E-state index contributed by atoms with van der Waals surface area (Å²) in [6.45, 7) is 9.25. The number of aliphatic hydroxyl groups is 4. The van der Waals surface area contributed by atoms with Crippen LogP contribution in [0.3, 0.4) is 0 Å². The first kappa shape index (κ1) is 30.8. The van der Waals surface area contributed by atoms with Crippen LogP contribution >= 0.6 is 0 Å². The van der Waals surface area contributed by atoms with Crippen LogP contribution in [-0.4, -0.2) is 87.7 Å². The molecule has 6 rings (SSSR count). The number of ketones is 2. The molecular formula is C33H51NO8. The van der Waals surface area contributed by atoms with Crippen LogP contribution in [0.1, 0.15) is 85.5 Å². The second-order valence-electron chi connectivity index (χ2n) is 15.3. The summed E-state index contributed by atoms with van der Waals surface area (Å²) in [5.74, 6) is 2.42. The summed E-state index contributed by atoms with van der Waals surface area (Å²) in [4.78, 5) is 31.9. The van der Waals surface area contributed by atoms with Crippen molar-refractivity contribution in [3.63, 3.8) is 0 Å². The highest BCUT2D eigenvalue weighted by molar-refractivity contribution is 6.41. The van der Waals surface area contributed by atoms with E-state index in [-0.39, 0.29) is 34.6 Å². The minimum Gasteiger partial charge on any atom is -0.394 e. The molecule has 6 aliphatic rings. The lowest BCUT2D eigenvalue weighted by atomic mass is 9.44. The third-order valence-electron chi connectivity index (χ3n) is 13.1. The summed E-state index contributed by atoms with van der Waals surface area (Å²) in [5, 5.41) is 40.3. The minimum absolute atomic E-state index is 0.0294. The van der Waals surface area contributed by atoms with Gasteiger partial charge in [-0.2, -0.15) is 0 Å². The summed E-state index contributed by atoms with van der Waals surface area (Å²) in [6.07, 6.45) is 0.930. The third kappa shape index (κ3) is 4.85. The standard InChI is InChI=1S/C33H51NO8/c1-16-11-24(34-14-16)27(37)17(2)20-5-6-21-19-13-25(36)23-12-18(7-9-33(23,4)22(19)8-10-32(20,21)3)41-31-30(40)29(39)28(38)26(15-35)42-31/h16-23,26,28-31,35,38-40H,5-15H2,1-4H3/t16-,17-,18+,19+,20-,21+,22+,23-,26-,28-,29+,30-,31-,32-,33-/m1/s1. The van der Waals surface area contributed by atoms with E-state index in [4.69, 9.17) is 9.47 Å². The van der Waals surface area contributed by atoms with Gasteiger partial charge in [0.15, 0.2) is 12.1 Å². The Hall–Kier alpha value is -1.23. The third-order valence-corrected chi connectivity index (χ3v) is 13.1. The molecule has 5 fully saturated rings. The fourth-order valence-electron chi connectivity index (χ4n) is 10.7. The molecule has 4 saturated carbocycles. The molecule has 0 spiro atoms. The number of aliphatic imine (C=N–C) groups is 1. The second-order valence-corrected chi connectivity index (χ2v) is 15.3. The van der Waals surface area contributed by atoms with Crippen LogP contribution in [0.4, 0.5) is 0 Å². The first-order valence-corrected chi connectivity index (χ1v) is 16.4. The highest BCUT2D eigenvalue weighted by atomic mass is 16.7. The van der Waals surface area contributed by atoms with Gasteiger partial charge in [-0.15, -0.1) is 0 Å². The molecule has 9 heteroatoms. The van der Waals surface area contributed by atoms with E-state index in [1.54, 1.807) is 0 Å². The van der Waals surface area contributed by atoms with Crippen LogP contribution in [0.15, 0.2) is 4.99 Å². The maximum atomic E-state index is 13.9. The number of hydrogen-bond donors (Lipinski definition) is 4. The van der Waals surface area contributed by atoms with Gasteiger partial charge in [0, 0.05) is 24.8 Å². The molecule has 0 aromatic heterocycles. The Kier molecular flexibility index (Phi) is 8.27. The second kappa shape index (κ2) is 11.3. The fourth-order valence-corrected chi connectivity index (χ4v) is 10.7. The molecule has 4 aliphatic carbocycles. The van der Waals surface area contributed by atoms with Gasteiger partial charge in [0.1, 0.15) is 30.2 Å². The van der Waals surface area contributed by atoms with Gasteiger partial charge in [-0.1, -0.05) is 27.7 Å². The number of aliphatic hydroxyl groups excluding tert-OH is 4. The predicted octanol–water partition coefficient (Wildman–Crippen LogP) is 2.70. The average molecular weight is 590 g/mol. The van der Waals surface area contributed by atoms with Gasteiger partial charge in [-0.25, -0.2) is 0 Å². The lowest BCUT2D eigenvalue weighted by Crippen LogP contribution is -2.61. The van der Waals surface area contributed by atoms with Crippen molar-refractivity contribution in [2.24, 2.45) is 57.2 Å². The monoisotopic (exact) mass is 589 g/mol. The smallest absolute Gasteiger partial charge is 0.186 e. The molecule has 15 atom stereocenters. The van der Waals surface area contributed by atoms with Crippen LogP contribution in [0.5, 0.6) is 0 Å². The SMILES string of the molecule is C[C@H]1CN=C(C(=O)[C@H](C)[C@H]2CC[C@H]3[C@@H]4CC(=O)[C@H]5C[C@@H](O[C@@H]6O[C@H](CO)[C@@H](O)[C@H](O)[C@H]6O)CC[C@]5(C)[C@H]4CC[C@]23C)C1. The van der Waals surface area contributed by atoms with Crippen molar-refractivity contribution in [2.45, 2.75) is 122 Å². The molecule has 9 nitrogen and oxygen atoms in total. The molecule has 2 heterocycles. The van der Waals surface area contributed by atoms with Gasteiger partial charge in [-0.05, 0) is 91.8 Å². The number of carbonyl (C=O) groups is 2. The molecule has 0 radical (unpaired) electrons. The first-order valence-electron chi connectivity index (χ1n) is 16.4. The molecule has 42 heavy (non-hydrogen) atoms. The van der Waals surface area contributed by atoms with E-state index in [9.17, 15) is 30.0 Å². The maximum absolute atomic E-state index is 13.9. The van der Waals surface area contributed by atoms with Crippen LogP contribution in [0.2, 0.25) is 0 Å². The Morgan fingerprint density at radius 1 is 1.02 bits per heavy atom. The number of carbonyl (C=O) groups excluding carboxylic acids is 2. The van der Waals surface area contributed by atoms with Crippen LogP contribution < -0.4 is 0 Å². The van der Waals surface area contributed by atoms with E-state index >= 15 is 0 Å². The Morgan fingerprint density at radius 2 is 1.74 bits per heavy atom. The predicted molar refractivity (Wildman–Crippen MR) is 155 cm³/mol.